The normalized spacial score (nSPS) is 11.9. The standard InChI is InChI=1S/C15H27N3/c1-6-10-16-14-9-8-13(11-17-14)12-18(5)15(3,4)7-2/h8-9,11H,6-7,10,12H2,1-5H3,(H,16,17). The van der Waals surface area contributed by atoms with E-state index >= 15 is 0 Å². The first-order valence-corrected chi connectivity index (χ1v) is 6.89. The molecule has 3 heteroatoms. The van der Waals surface area contributed by atoms with Crippen LogP contribution < -0.4 is 5.32 Å². The van der Waals surface area contributed by atoms with Crippen molar-refractivity contribution in [2.75, 3.05) is 18.9 Å². The molecule has 0 radical (unpaired) electrons. The minimum Gasteiger partial charge on any atom is -0.370 e. The van der Waals surface area contributed by atoms with Crippen LogP contribution in [0.4, 0.5) is 5.82 Å². The molecule has 0 spiro atoms. The fourth-order valence-corrected chi connectivity index (χ4v) is 1.63. The molecule has 0 amide bonds. The Labute approximate surface area is 112 Å². The van der Waals surface area contributed by atoms with Crippen molar-refractivity contribution in [1.29, 1.82) is 0 Å². The second kappa shape index (κ2) is 6.74. The lowest BCUT2D eigenvalue weighted by atomic mass is 9.99. The van der Waals surface area contributed by atoms with Crippen molar-refractivity contribution in [1.82, 2.24) is 9.88 Å². The lowest BCUT2D eigenvalue weighted by Gasteiger charge is -2.34. The predicted molar refractivity (Wildman–Crippen MR) is 78.9 cm³/mol. The Morgan fingerprint density at radius 2 is 2.00 bits per heavy atom. The molecule has 102 valence electrons. The summed E-state index contributed by atoms with van der Waals surface area (Å²) in [4.78, 5) is 6.82. The smallest absolute Gasteiger partial charge is 0.125 e. The van der Waals surface area contributed by atoms with E-state index in [1.165, 1.54) is 5.56 Å². The molecule has 1 N–H and O–H groups in total. The first kappa shape index (κ1) is 15.0. The van der Waals surface area contributed by atoms with E-state index < -0.39 is 0 Å². The molecule has 3 nitrogen and oxygen atoms in total. The molecule has 0 aliphatic rings. The molecule has 1 rings (SSSR count). The van der Waals surface area contributed by atoms with Gasteiger partial charge in [-0.3, -0.25) is 4.90 Å². The molecule has 0 atom stereocenters. The average Bonchev–Trinajstić information content (AvgIpc) is 2.37. The van der Waals surface area contributed by atoms with E-state index in [1.54, 1.807) is 0 Å². The lowest BCUT2D eigenvalue weighted by Crippen LogP contribution is -2.39. The van der Waals surface area contributed by atoms with Gasteiger partial charge in [0, 0.05) is 24.8 Å². The maximum Gasteiger partial charge on any atom is 0.125 e. The highest BCUT2D eigenvalue weighted by atomic mass is 15.2. The van der Waals surface area contributed by atoms with E-state index in [0.29, 0.717) is 0 Å². The molecule has 18 heavy (non-hydrogen) atoms. The molecular formula is C15H27N3. The highest BCUT2D eigenvalue weighted by Gasteiger charge is 2.20. The quantitative estimate of drug-likeness (QED) is 0.801. The zero-order chi connectivity index (χ0) is 13.6. The van der Waals surface area contributed by atoms with E-state index in [2.05, 4.69) is 62.1 Å². The number of hydrogen-bond donors (Lipinski definition) is 1. The minimum atomic E-state index is 0.235. The van der Waals surface area contributed by atoms with E-state index in [-0.39, 0.29) is 5.54 Å². The van der Waals surface area contributed by atoms with Gasteiger partial charge in [-0.2, -0.15) is 0 Å². The van der Waals surface area contributed by atoms with Gasteiger partial charge in [0.2, 0.25) is 0 Å². The number of aromatic nitrogens is 1. The average molecular weight is 249 g/mol. The molecule has 0 aliphatic heterocycles. The van der Waals surface area contributed by atoms with Crippen molar-refractivity contribution < 1.29 is 0 Å². The van der Waals surface area contributed by atoms with Crippen LogP contribution in [0.3, 0.4) is 0 Å². The summed E-state index contributed by atoms with van der Waals surface area (Å²) in [6.07, 6.45) is 4.24. The molecule has 1 aromatic heterocycles. The molecule has 0 bridgehead atoms. The summed E-state index contributed by atoms with van der Waals surface area (Å²) in [5.41, 5.74) is 1.50. The first-order valence-electron chi connectivity index (χ1n) is 6.89. The fourth-order valence-electron chi connectivity index (χ4n) is 1.63. The Bertz CT molecular complexity index is 343. The second-order valence-electron chi connectivity index (χ2n) is 5.50. The zero-order valence-electron chi connectivity index (χ0n) is 12.5. The third-order valence-corrected chi connectivity index (χ3v) is 3.70. The fraction of sp³-hybridized carbons (Fsp3) is 0.667. The summed E-state index contributed by atoms with van der Waals surface area (Å²) < 4.78 is 0. The van der Waals surface area contributed by atoms with Gasteiger partial charge < -0.3 is 5.32 Å². The third-order valence-electron chi connectivity index (χ3n) is 3.70. The molecule has 0 saturated heterocycles. The van der Waals surface area contributed by atoms with Gasteiger partial charge in [0.25, 0.3) is 0 Å². The molecule has 0 aromatic carbocycles. The van der Waals surface area contributed by atoms with Gasteiger partial charge in [-0.25, -0.2) is 4.98 Å². The van der Waals surface area contributed by atoms with Crippen molar-refractivity contribution in [3.63, 3.8) is 0 Å². The molecule has 0 fully saturated rings. The topological polar surface area (TPSA) is 28.2 Å². The summed E-state index contributed by atoms with van der Waals surface area (Å²) in [7, 11) is 2.17. The van der Waals surface area contributed by atoms with Crippen LogP contribution in [0.2, 0.25) is 0 Å². The number of rotatable bonds is 7. The summed E-state index contributed by atoms with van der Waals surface area (Å²) in [6, 6.07) is 4.23. The maximum absolute atomic E-state index is 4.44. The summed E-state index contributed by atoms with van der Waals surface area (Å²) in [5, 5.41) is 3.29. The zero-order valence-corrected chi connectivity index (χ0v) is 12.5. The first-order chi connectivity index (χ1) is 8.49. The van der Waals surface area contributed by atoms with Crippen molar-refractivity contribution >= 4 is 5.82 Å². The molecule has 1 aromatic rings. The van der Waals surface area contributed by atoms with Crippen LogP contribution in [0, 0.1) is 0 Å². The second-order valence-corrected chi connectivity index (χ2v) is 5.50. The van der Waals surface area contributed by atoms with Gasteiger partial charge in [0.05, 0.1) is 0 Å². The van der Waals surface area contributed by atoms with Gasteiger partial charge >= 0.3 is 0 Å². The Kier molecular flexibility index (Phi) is 5.60. The highest BCUT2D eigenvalue weighted by molar-refractivity contribution is 5.35. The molecular weight excluding hydrogens is 222 g/mol. The predicted octanol–water partition coefficient (Wildman–Crippen LogP) is 3.52. The van der Waals surface area contributed by atoms with Crippen LogP contribution in [0.25, 0.3) is 0 Å². The number of hydrogen-bond acceptors (Lipinski definition) is 3. The van der Waals surface area contributed by atoms with E-state index in [1.807, 2.05) is 6.20 Å². The van der Waals surface area contributed by atoms with Crippen molar-refractivity contribution in [2.45, 2.75) is 52.6 Å². The molecule has 0 unspecified atom stereocenters. The van der Waals surface area contributed by atoms with Crippen molar-refractivity contribution in [3.8, 4) is 0 Å². The Morgan fingerprint density at radius 3 is 2.50 bits per heavy atom. The lowest BCUT2D eigenvalue weighted by molar-refractivity contribution is 0.143. The van der Waals surface area contributed by atoms with E-state index in [0.717, 1.165) is 31.7 Å². The maximum atomic E-state index is 4.44. The molecule has 1 heterocycles. The Balaban J connectivity index is 2.58. The number of pyridine rings is 1. The summed E-state index contributed by atoms with van der Waals surface area (Å²) in [5.74, 6) is 0.970. The van der Waals surface area contributed by atoms with Crippen LogP contribution in [-0.2, 0) is 6.54 Å². The van der Waals surface area contributed by atoms with Gasteiger partial charge in [-0.15, -0.1) is 0 Å². The third kappa shape index (κ3) is 4.30. The van der Waals surface area contributed by atoms with Crippen molar-refractivity contribution in [3.05, 3.63) is 23.9 Å². The van der Waals surface area contributed by atoms with Crippen LogP contribution in [-0.4, -0.2) is 29.0 Å². The SMILES string of the molecule is CCCNc1ccc(CN(C)C(C)(C)CC)cn1. The highest BCUT2D eigenvalue weighted by Crippen LogP contribution is 2.19. The van der Waals surface area contributed by atoms with E-state index in [4.69, 9.17) is 0 Å². The van der Waals surface area contributed by atoms with Gasteiger partial charge in [-0.05, 0) is 45.4 Å². The molecule has 0 saturated carbocycles. The van der Waals surface area contributed by atoms with Gasteiger partial charge in [0.1, 0.15) is 5.82 Å². The Morgan fingerprint density at radius 1 is 1.28 bits per heavy atom. The van der Waals surface area contributed by atoms with Crippen molar-refractivity contribution in [2.24, 2.45) is 0 Å². The van der Waals surface area contributed by atoms with Crippen LogP contribution in [0.15, 0.2) is 18.3 Å². The van der Waals surface area contributed by atoms with Gasteiger partial charge in [0.15, 0.2) is 0 Å². The monoisotopic (exact) mass is 249 g/mol. The van der Waals surface area contributed by atoms with Crippen LogP contribution in [0.5, 0.6) is 0 Å². The summed E-state index contributed by atoms with van der Waals surface area (Å²) in [6.45, 7) is 10.9. The largest absolute Gasteiger partial charge is 0.370 e. The van der Waals surface area contributed by atoms with Gasteiger partial charge in [-0.1, -0.05) is 19.9 Å². The van der Waals surface area contributed by atoms with Crippen LogP contribution in [0.1, 0.15) is 46.1 Å². The number of anilines is 1. The molecule has 0 aliphatic carbocycles. The number of nitrogens with zero attached hydrogens (tertiary/aromatic N) is 2. The minimum absolute atomic E-state index is 0.235. The van der Waals surface area contributed by atoms with Crippen LogP contribution >= 0.6 is 0 Å². The van der Waals surface area contributed by atoms with E-state index in [9.17, 15) is 0 Å². The summed E-state index contributed by atoms with van der Waals surface area (Å²) >= 11 is 0. The Hall–Kier alpha value is -1.09. The number of nitrogens with one attached hydrogen (secondary N) is 1.